The largest absolute Gasteiger partial charge is 0.477 e. The Labute approximate surface area is 78.9 Å². The number of hydrogen-bond donors (Lipinski definition) is 1. The van der Waals surface area contributed by atoms with Gasteiger partial charge in [-0.25, -0.2) is 4.79 Å². The molecule has 0 saturated carbocycles. The molecule has 0 bridgehead atoms. The molecule has 1 N–H and O–H groups in total. The molecule has 0 aromatic carbocycles. The van der Waals surface area contributed by atoms with Crippen molar-refractivity contribution in [3.8, 4) is 0 Å². The Balaban J connectivity index is 3.31. The van der Waals surface area contributed by atoms with E-state index in [0.717, 1.165) is 11.3 Å². The van der Waals surface area contributed by atoms with Gasteiger partial charge in [0.15, 0.2) is 4.88 Å². The third kappa shape index (κ3) is 1.46. The number of carboxylic acid groups (broad SMARTS) is 1. The SMILES string of the molecule is O=C(O)c1scc(Br)c1[N+](=O)[O-]. The quantitative estimate of drug-likeness (QED) is 0.645. The number of halogens is 1. The fourth-order valence-electron chi connectivity index (χ4n) is 0.653. The van der Waals surface area contributed by atoms with E-state index in [-0.39, 0.29) is 15.0 Å². The topological polar surface area (TPSA) is 80.4 Å². The maximum absolute atomic E-state index is 10.4. The summed E-state index contributed by atoms with van der Waals surface area (Å²) in [4.78, 5) is 19.8. The number of aromatic carboxylic acids is 1. The first kappa shape index (κ1) is 9.14. The Kier molecular flexibility index (Phi) is 2.43. The number of nitro groups is 1. The highest BCUT2D eigenvalue weighted by Crippen LogP contribution is 2.34. The lowest BCUT2D eigenvalue weighted by Crippen LogP contribution is -1.98. The molecule has 0 aliphatic rings. The Bertz CT molecular complexity index is 347. The summed E-state index contributed by atoms with van der Waals surface area (Å²) in [6.07, 6.45) is 0. The van der Waals surface area contributed by atoms with E-state index in [1.165, 1.54) is 5.38 Å². The highest BCUT2D eigenvalue weighted by Gasteiger charge is 2.25. The van der Waals surface area contributed by atoms with E-state index in [0.29, 0.717) is 0 Å². The molecule has 0 aliphatic carbocycles. The average molecular weight is 252 g/mol. The lowest BCUT2D eigenvalue weighted by atomic mass is 10.4. The van der Waals surface area contributed by atoms with Crippen molar-refractivity contribution in [3.63, 3.8) is 0 Å². The molecule has 0 fully saturated rings. The van der Waals surface area contributed by atoms with Gasteiger partial charge in [0, 0.05) is 5.38 Å². The summed E-state index contributed by atoms with van der Waals surface area (Å²) in [7, 11) is 0. The first-order chi connectivity index (χ1) is 5.54. The monoisotopic (exact) mass is 251 g/mol. The summed E-state index contributed by atoms with van der Waals surface area (Å²) in [5, 5.41) is 20.2. The fraction of sp³-hybridized carbons (Fsp3) is 0. The maximum Gasteiger partial charge on any atom is 0.353 e. The molecule has 0 spiro atoms. The summed E-state index contributed by atoms with van der Waals surface area (Å²) in [5.41, 5.74) is -0.382. The summed E-state index contributed by atoms with van der Waals surface area (Å²) >= 11 is 3.72. The number of carbonyl (C=O) groups is 1. The Morgan fingerprint density at radius 3 is 2.67 bits per heavy atom. The summed E-state index contributed by atoms with van der Waals surface area (Å²) in [6, 6.07) is 0. The number of hydrogen-bond acceptors (Lipinski definition) is 4. The number of nitrogens with zero attached hydrogens (tertiary/aromatic N) is 1. The molecule has 64 valence electrons. The van der Waals surface area contributed by atoms with Gasteiger partial charge in [-0.05, 0) is 15.9 Å². The van der Waals surface area contributed by atoms with Gasteiger partial charge < -0.3 is 5.11 Å². The predicted molar refractivity (Wildman–Crippen MR) is 45.6 cm³/mol. The standard InChI is InChI=1S/C5H2BrNO4S/c6-2-1-12-4(5(8)9)3(2)7(10)11/h1H,(H,8,9). The minimum atomic E-state index is -1.28. The molecule has 0 aliphatic heterocycles. The second kappa shape index (κ2) is 3.20. The molecular weight excluding hydrogens is 250 g/mol. The van der Waals surface area contributed by atoms with Gasteiger partial charge in [0.05, 0.1) is 4.92 Å². The van der Waals surface area contributed by atoms with E-state index < -0.39 is 10.9 Å². The second-order valence-electron chi connectivity index (χ2n) is 1.82. The molecule has 12 heavy (non-hydrogen) atoms. The summed E-state index contributed by atoms with van der Waals surface area (Å²) in [6.45, 7) is 0. The van der Waals surface area contributed by atoms with Gasteiger partial charge in [-0.1, -0.05) is 0 Å². The van der Waals surface area contributed by atoms with Crippen LogP contribution in [0.25, 0.3) is 0 Å². The van der Waals surface area contributed by atoms with Crippen LogP contribution in [0.2, 0.25) is 0 Å². The first-order valence-corrected chi connectivity index (χ1v) is 4.36. The van der Waals surface area contributed by atoms with Crippen molar-refractivity contribution in [1.29, 1.82) is 0 Å². The van der Waals surface area contributed by atoms with Crippen LogP contribution in [0.5, 0.6) is 0 Å². The van der Waals surface area contributed by atoms with Gasteiger partial charge in [-0.15, -0.1) is 11.3 Å². The highest BCUT2D eigenvalue weighted by atomic mass is 79.9. The smallest absolute Gasteiger partial charge is 0.353 e. The van der Waals surface area contributed by atoms with Gasteiger partial charge in [0.1, 0.15) is 4.47 Å². The van der Waals surface area contributed by atoms with Gasteiger partial charge in [0.25, 0.3) is 0 Å². The molecule has 0 amide bonds. The van der Waals surface area contributed by atoms with Crippen LogP contribution in [0, 0.1) is 10.1 Å². The van der Waals surface area contributed by atoms with Crippen LogP contribution < -0.4 is 0 Å². The number of carboxylic acids is 1. The van der Waals surface area contributed by atoms with Crippen molar-refractivity contribution in [2.24, 2.45) is 0 Å². The van der Waals surface area contributed by atoms with E-state index >= 15 is 0 Å². The molecule has 1 rings (SSSR count). The Hall–Kier alpha value is -0.950. The van der Waals surface area contributed by atoms with Gasteiger partial charge in [-0.3, -0.25) is 10.1 Å². The maximum atomic E-state index is 10.4. The van der Waals surface area contributed by atoms with E-state index in [2.05, 4.69) is 15.9 Å². The van der Waals surface area contributed by atoms with Crippen LogP contribution in [0.3, 0.4) is 0 Å². The molecular formula is C5H2BrNO4S. The fourth-order valence-corrected chi connectivity index (χ4v) is 2.14. The number of thiophene rings is 1. The minimum absolute atomic E-state index is 0.204. The van der Waals surface area contributed by atoms with Gasteiger partial charge in [0.2, 0.25) is 0 Å². The molecule has 0 saturated heterocycles. The van der Waals surface area contributed by atoms with Crippen LogP contribution in [-0.4, -0.2) is 16.0 Å². The van der Waals surface area contributed by atoms with Gasteiger partial charge >= 0.3 is 11.7 Å². The zero-order valence-corrected chi connectivity index (χ0v) is 7.89. The van der Waals surface area contributed by atoms with E-state index in [4.69, 9.17) is 5.11 Å². The summed E-state index contributed by atoms with van der Waals surface area (Å²) < 4.78 is 0.204. The third-order valence-electron chi connectivity index (χ3n) is 1.10. The zero-order chi connectivity index (χ0) is 9.30. The van der Waals surface area contributed by atoms with E-state index in [1.54, 1.807) is 0 Å². The average Bonchev–Trinajstić information content (AvgIpc) is 2.30. The summed E-state index contributed by atoms with van der Waals surface area (Å²) in [5.74, 6) is -1.28. The normalized spacial score (nSPS) is 9.75. The van der Waals surface area contributed by atoms with Gasteiger partial charge in [-0.2, -0.15) is 0 Å². The van der Waals surface area contributed by atoms with Crippen molar-refractivity contribution in [3.05, 3.63) is 24.8 Å². The van der Waals surface area contributed by atoms with Crippen molar-refractivity contribution < 1.29 is 14.8 Å². The third-order valence-corrected chi connectivity index (χ3v) is 2.96. The molecule has 1 aromatic heterocycles. The van der Waals surface area contributed by atoms with Crippen molar-refractivity contribution >= 4 is 38.9 Å². The van der Waals surface area contributed by atoms with Crippen LogP contribution in [0.15, 0.2) is 9.85 Å². The molecule has 0 unspecified atom stereocenters. The second-order valence-corrected chi connectivity index (χ2v) is 3.56. The lowest BCUT2D eigenvalue weighted by molar-refractivity contribution is -0.385. The lowest BCUT2D eigenvalue weighted by Gasteiger charge is -1.89. The van der Waals surface area contributed by atoms with E-state index in [1.807, 2.05) is 0 Å². The Morgan fingerprint density at radius 1 is 1.75 bits per heavy atom. The number of rotatable bonds is 2. The van der Waals surface area contributed by atoms with Crippen LogP contribution in [0.4, 0.5) is 5.69 Å². The molecule has 0 radical (unpaired) electrons. The molecule has 1 heterocycles. The molecule has 5 nitrogen and oxygen atoms in total. The molecule has 1 aromatic rings. The predicted octanol–water partition coefficient (Wildman–Crippen LogP) is 2.12. The minimum Gasteiger partial charge on any atom is -0.477 e. The van der Waals surface area contributed by atoms with Crippen LogP contribution in [0.1, 0.15) is 9.67 Å². The molecule has 0 atom stereocenters. The van der Waals surface area contributed by atoms with Crippen LogP contribution >= 0.6 is 27.3 Å². The van der Waals surface area contributed by atoms with Crippen molar-refractivity contribution in [2.75, 3.05) is 0 Å². The van der Waals surface area contributed by atoms with Crippen molar-refractivity contribution in [2.45, 2.75) is 0 Å². The Morgan fingerprint density at radius 2 is 2.33 bits per heavy atom. The highest BCUT2D eigenvalue weighted by molar-refractivity contribution is 9.10. The first-order valence-electron chi connectivity index (χ1n) is 2.68. The van der Waals surface area contributed by atoms with Crippen molar-refractivity contribution in [1.82, 2.24) is 0 Å². The molecule has 7 heteroatoms. The zero-order valence-electron chi connectivity index (χ0n) is 5.48. The van der Waals surface area contributed by atoms with E-state index in [9.17, 15) is 14.9 Å². The van der Waals surface area contributed by atoms with Crippen LogP contribution in [-0.2, 0) is 0 Å².